The largest absolute Gasteiger partial charge is 0.380 e. The van der Waals surface area contributed by atoms with E-state index in [0.717, 1.165) is 31.0 Å². The fourth-order valence-corrected chi connectivity index (χ4v) is 2.95. The molecule has 1 atom stereocenters. The number of likely N-dealkylation sites (tertiary alicyclic amines) is 1. The molecule has 2 N–H and O–H groups in total. The highest BCUT2D eigenvalue weighted by Crippen LogP contribution is 2.17. The molecule has 2 aromatic rings. The molecule has 3 rings (SSSR count). The van der Waals surface area contributed by atoms with E-state index in [1.165, 1.54) is 0 Å². The first-order valence-corrected chi connectivity index (χ1v) is 8.51. The van der Waals surface area contributed by atoms with Crippen molar-refractivity contribution in [2.45, 2.75) is 32.9 Å². The number of hydrogen-bond donors (Lipinski definition) is 2. The number of para-hydroxylation sites is 1. The lowest BCUT2D eigenvalue weighted by Crippen LogP contribution is -2.35. The highest BCUT2D eigenvalue weighted by Gasteiger charge is 2.26. The molecule has 1 aliphatic heterocycles. The summed E-state index contributed by atoms with van der Waals surface area (Å²) in [5, 5.41) is 10.7. The monoisotopic (exact) mass is 327 g/mol. The highest BCUT2D eigenvalue weighted by atomic mass is 16.2. The Hall–Kier alpha value is -2.50. The van der Waals surface area contributed by atoms with Crippen LogP contribution in [0, 0.1) is 5.92 Å². The van der Waals surface area contributed by atoms with Gasteiger partial charge in [-0.2, -0.15) is 5.10 Å². The van der Waals surface area contributed by atoms with E-state index in [0.29, 0.717) is 18.5 Å². The summed E-state index contributed by atoms with van der Waals surface area (Å²) in [6.07, 6.45) is 2.68. The molecule has 1 aliphatic rings. The molecule has 1 aromatic heterocycles. The standard InChI is InChI=1S/C18H25N5O/c1-14(2)12-23-17(8-10-19-23)21-18(24)22-11-9-16(13-22)20-15-6-4-3-5-7-15/h3-8,10,14,16,20H,9,11-13H2,1-2H3,(H,21,24). The van der Waals surface area contributed by atoms with E-state index in [-0.39, 0.29) is 6.03 Å². The van der Waals surface area contributed by atoms with Crippen LogP contribution in [0.1, 0.15) is 20.3 Å². The Bertz CT molecular complexity index is 667. The second kappa shape index (κ2) is 7.38. The maximum Gasteiger partial charge on any atom is 0.323 e. The highest BCUT2D eigenvalue weighted by molar-refractivity contribution is 5.88. The number of carbonyl (C=O) groups excluding carboxylic acids is 1. The van der Waals surface area contributed by atoms with Crippen LogP contribution < -0.4 is 10.6 Å². The van der Waals surface area contributed by atoms with Crippen molar-refractivity contribution >= 4 is 17.5 Å². The van der Waals surface area contributed by atoms with E-state index in [4.69, 9.17) is 0 Å². The quantitative estimate of drug-likeness (QED) is 0.886. The van der Waals surface area contributed by atoms with Crippen LogP contribution in [0.2, 0.25) is 0 Å². The molecule has 2 amide bonds. The smallest absolute Gasteiger partial charge is 0.323 e. The van der Waals surface area contributed by atoms with Gasteiger partial charge in [0.2, 0.25) is 0 Å². The number of urea groups is 1. The van der Waals surface area contributed by atoms with Gasteiger partial charge in [0, 0.05) is 37.4 Å². The minimum Gasteiger partial charge on any atom is -0.380 e. The topological polar surface area (TPSA) is 62.2 Å². The summed E-state index contributed by atoms with van der Waals surface area (Å²) in [4.78, 5) is 14.3. The lowest BCUT2D eigenvalue weighted by molar-refractivity contribution is 0.222. The first-order chi connectivity index (χ1) is 11.6. The van der Waals surface area contributed by atoms with Gasteiger partial charge in [0.25, 0.3) is 0 Å². The molecule has 1 unspecified atom stereocenters. The van der Waals surface area contributed by atoms with Crippen molar-refractivity contribution in [2.24, 2.45) is 5.92 Å². The SMILES string of the molecule is CC(C)Cn1nccc1NC(=O)N1CCC(Nc2ccccc2)C1. The van der Waals surface area contributed by atoms with E-state index < -0.39 is 0 Å². The van der Waals surface area contributed by atoms with Gasteiger partial charge in [0.05, 0.1) is 6.20 Å². The van der Waals surface area contributed by atoms with E-state index in [1.807, 2.05) is 46.0 Å². The molecular formula is C18H25N5O. The summed E-state index contributed by atoms with van der Waals surface area (Å²) < 4.78 is 1.85. The zero-order chi connectivity index (χ0) is 16.9. The van der Waals surface area contributed by atoms with Gasteiger partial charge >= 0.3 is 6.03 Å². The molecule has 24 heavy (non-hydrogen) atoms. The normalized spacial score (nSPS) is 17.3. The van der Waals surface area contributed by atoms with Gasteiger partial charge in [-0.05, 0) is 24.5 Å². The Morgan fingerprint density at radius 2 is 2.08 bits per heavy atom. The van der Waals surface area contributed by atoms with Crippen LogP contribution in [-0.2, 0) is 6.54 Å². The molecule has 1 fully saturated rings. The maximum atomic E-state index is 12.5. The summed E-state index contributed by atoms with van der Waals surface area (Å²) in [7, 11) is 0. The second-order valence-electron chi connectivity index (χ2n) is 6.66. The fourth-order valence-electron chi connectivity index (χ4n) is 2.95. The van der Waals surface area contributed by atoms with Crippen molar-refractivity contribution in [3.05, 3.63) is 42.6 Å². The maximum absolute atomic E-state index is 12.5. The molecule has 6 nitrogen and oxygen atoms in total. The van der Waals surface area contributed by atoms with Crippen LogP contribution in [0.4, 0.5) is 16.3 Å². The van der Waals surface area contributed by atoms with Gasteiger partial charge in [-0.3, -0.25) is 5.32 Å². The molecule has 6 heteroatoms. The zero-order valence-electron chi connectivity index (χ0n) is 14.3. The Morgan fingerprint density at radius 3 is 2.83 bits per heavy atom. The van der Waals surface area contributed by atoms with Gasteiger partial charge in [-0.25, -0.2) is 9.48 Å². The third-order valence-corrected chi connectivity index (χ3v) is 4.11. The first kappa shape index (κ1) is 16.4. The number of nitrogens with zero attached hydrogens (tertiary/aromatic N) is 3. The average Bonchev–Trinajstić information content (AvgIpc) is 3.18. The Labute approximate surface area is 142 Å². The van der Waals surface area contributed by atoms with Crippen LogP contribution >= 0.6 is 0 Å². The van der Waals surface area contributed by atoms with E-state index >= 15 is 0 Å². The van der Waals surface area contributed by atoms with Gasteiger partial charge in [-0.15, -0.1) is 0 Å². The van der Waals surface area contributed by atoms with Crippen molar-refractivity contribution < 1.29 is 4.79 Å². The van der Waals surface area contributed by atoms with Crippen molar-refractivity contribution in [3.63, 3.8) is 0 Å². The summed E-state index contributed by atoms with van der Waals surface area (Å²) in [5.74, 6) is 1.24. The average molecular weight is 327 g/mol. The Kier molecular flexibility index (Phi) is 5.03. The molecule has 0 saturated carbocycles. The van der Waals surface area contributed by atoms with Crippen LogP contribution in [0.5, 0.6) is 0 Å². The minimum atomic E-state index is -0.0575. The number of hydrogen-bond acceptors (Lipinski definition) is 3. The third-order valence-electron chi connectivity index (χ3n) is 4.11. The number of carbonyl (C=O) groups is 1. The van der Waals surface area contributed by atoms with Gasteiger partial charge in [0.15, 0.2) is 0 Å². The van der Waals surface area contributed by atoms with Crippen molar-refractivity contribution in [1.29, 1.82) is 0 Å². The molecule has 0 bridgehead atoms. The van der Waals surface area contributed by atoms with E-state index in [2.05, 4.69) is 29.6 Å². The molecule has 0 radical (unpaired) electrons. The molecular weight excluding hydrogens is 302 g/mol. The number of nitrogens with one attached hydrogen (secondary N) is 2. The molecule has 2 heterocycles. The number of rotatable bonds is 5. The fraction of sp³-hybridized carbons (Fsp3) is 0.444. The minimum absolute atomic E-state index is 0.0575. The van der Waals surface area contributed by atoms with Gasteiger partial charge in [0.1, 0.15) is 5.82 Å². The molecule has 1 saturated heterocycles. The number of benzene rings is 1. The molecule has 0 spiro atoms. The number of anilines is 2. The van der Waals surface area contributed by atoms with Crippen LogP contribution in [-0.4, -0.2) is 39.8 Å². The number of aromatic nitrogens is 2. The van der Waals surface area contributed by atoms with Gasteiger partial charge in [-0.1, -0.05) is 32.0 Å². The van der Waals surface area contributed by atoms with Crippen LogP contribution in [0.15, 0.2) is 42.6 Å². The zero-order valence-corrected chi connectivity index (χ0v) is 14.3. The number of amides is 2. The summed E-state index contributed by atoms with van der Waals surface area (Å²) in [6.45, 7) is 6.52. The summed E-state index contributed by atoms with van der Waals surface area (Å²) in [5.41, 5.74) is 1.10. The Balaban J connectivity index is 1.54. The molecule has 0 aliphatic carbocycles. The van der Waals surface area contributed by atoms with E-state index in [1.54, 1.807) is 6.20 Å². The van der Waals surface area contributed by atoms with Crippen LogP contribution in [0.3, 0.4) is 0 Å². The Morgan fingerprint density at radius 1 is 1.29 bits per heavy atom. The van der Waals surface area contributed by atoms with Crippen molar-refractivity contribution in [3.8, 4) is 0 Å². The second-order valence-corrected chi connectivity index (χ2v) is 6.66. The first-order valence-electron chi connectivity index (χ1n) is 8.51. The summed E-state index contributed by atoms with van der Waals surface area (Å²) in [6, 6.07) is 12.2. The molecule has 128 valence electrons. The lowest BCUT2D eigenvalue weighted by Gasteiger charge is -2.19. The van der Waals surface area contributed by atoms with E-state index in [9.17, 15) is 4.79 Å². The van der Waals surface area contributed by atoms with Gasteiger partial charge < -0.3 is 10.2 Å². The third kappa shape index (κ3) is 4.07. The van der Waals surface area contributed by atoms with Crippen molar-refractivity contribution in [2.75, 3.05) is 23.7 Å². The predicted octanol–water partition coefficient (Wildman–Crippen LogP) is 3.26. The molecule has 1 aromatic carbocycles. The predicted molar refractivity (Wildman–Crippen MR) is 96.1 cm³/mol. The lowest BCUT2D eigenvalue weighted by atomic mass is 10.2. The van der Waals surface area contributed by atoms with Crippen molar-refractivity contribution in [1.82, 2.24) is 14.7 Å². The summed E-state index contributed by atoms with van der Waals surface area (Å²) >= 11 is 0. The van der Waals surface area contributed by atoms with Crippen LogP contribution in [0.25, 0.3) is 0 Å².